The number of benzene rings is 1. The van der Waals surface area contributed by atoms with Gasteiger partial charge in [0, 0.05) is 29.9 Å². The molecule has 1 saturated heterocycles. The van der Waals surface area contributed by atoms with Crippen LogP contribution in [0.15, 0.2) is 12.1 Å². The lowest BCUT2D eigenvalue weighted by molar-refractivity contribution is -0.117. The minimum Gasteiger partial charge on any atom is -0.497 e. The summed E-state index contributed by atoms with van der Waals surface area (Å²) in [4.78, 5) is 24.9. The highest BCUT2D eigenvalue weighted by molar-refractivity contribution is 9.09. The van der Waals surface area contributed by atoms with Gasteiger partial charge in [-0.05, 0) is 0 Å². The molecule has 0 saturated carbocycles. The first-order chi connectivity index (χ1) is 9.47. The molecule has 6 nitrogen and oxygen atoms in total. The summed E-state index contributed by atoms with van der Waals surface area (Å²) >= 11 is 3.38. The number of ether oxygens (including phenoxy) is 2. The molecule has 1 amide bonds. The fourth-order valence-corrected chi connectivity index (χ4v) is 2.75. The topological polar surface area (TPSA) is 76.1 Å². The number of halogens is 1. The maximum Gasteiger partial charge on any atom is 0.341 e. The number of carbonyl (C=O) groups excluding carboxylic acids is 1. The first kappa shape index (κ1) is 14.6. The van der Waals surface area contributed by atoms with Crippen LogP contribution in [0, 0.1) is 0 Å². The largest absolute Gasteiger partial charge is 0.497 e. The van der Waals surface area contributed by atoms with Crippen LogP contribution < -0.4 is 14.4 Å². The van der Waals surface area contributed by atoms with Crippen LogP contribution in [0.4, 0.5) is 5.69 Å². The second kappa shape index (κ2) is 5.70. The van der Waals surface area contributed by atoms with E-state index in [2.05, 4.69) is 15.9 Å². The van der Waals surface area contributed by atoms with Crippen molar-refractivity contribution in [2.75, 3.05) is 25.7 Å². The Hall–Kier alpha value is -1.76. The van der Waals surface area contributed by atoms with Gasteiger partial charge < -0.3 is 19.5 Å². The Morgan fingerprint density at radius 3 is 2.55 bits per heavy atom. The maximum atomic E-state index is 12.0. The van der Waals surface area contributed by atoms with Crippen LogP contribution in [0.25, 0.3) is 0 Å². The van der Waals surface area contributed by atoms with Crippen molar-refractivity contribution in [1.29, 1.82) is 0 Å². The predicted molar refractivity (Wildman–Crippen MR) is 76.2 cm³/mol. The minimum atomic E-state index is -1.15. The van der Waals surface area contributed by atoms with Gasteiger partial charge >= 0.3 is 5.97 Å². The Balaban J connectivity index is 2.60. The highest BCUT2D eigenvalue weighted by Crippen LogP contribution is 2.37. The van der Waals surface area contributed by atoms with E-state index < -0.39 is 5.97 Å². The van der Waals surface area contributed by atoms with Gasteiger partial charge in [0.1, 0.15) is 17.1 Å². The van der Waals surface area contributed by atoms with Gasteiger partial charge in [-0.1, -0.05) is 15.9 Å². The van der Waals surface area contributed by atoms with Crippen molar-refractivity contribution in [3.05, 3.63) is 17.7 Å². The Bertz CT molecular complexity index is 560. The lowest BCUT2D eigenvalue weighted by atomic mass is 10.1. The summed E-state index contributed by atoms with van der Waals surface area (Å²) in [5.41, 5.74) is 0.254. The summed E-state index contributed by atoms with van der Waals surface area (Å²) in [7, 11) is 2.85. The molecule has 1 N–H and O–H groups in total. The lowest BCUT2D eigenvalue weighted by Gasteiger charge is -2.21. The maximum absolute atomic E-state index is 12.0. The molecule has 20 heavy (non-hydrogen) atoms. The van der Waals surface area contributed by atoms with E-state index in [1.165, 1.54) is 31.3 Å². The number of carboxylic acid groups (broad SMARTS) is 1. The smallest absolute Gasteiger partial charge is 0.341 e. The van der Waals surface area contributed by atoms with E-state index in [0.717, 1.165) is 0 Å². The molecule has 1 aliphatic rings. The summed E-state index contributed by atoms with van der Waals surface area (Å²) in [6.45, 7) is 0.412. The van der Waals surface area contributed by atoms with E-state index in [1.807, 2.05) is 0 Å². The molecule has 0 aliphatic carbocycles. The molecule has 1 aliphatic heterocycles. The molecular weight excluding hydrogens is 330 g/mol. The van der Waals surface area contributed by atoms with Crippen LogP contribution in [0.5, 0.6) is 11.5 Å². The third-order valence-corrected chi connectivity index (χ3v) is 3.71. The monoisotopic (exact) mass is 343 g/mol. The van der Waals surface area contributed by atoms with E-state index in [0.29, 0.717) is 24.4 Å². The third-order valence-electron chi connectivity index (χ3n) is 3.09. The fraction of sp³-hybridized carbons (Fsp3) is 0.385. The van der Waals surface area contributed by atoms with Crippen LogP contribution in [0.1, 0.15) is 16.8 Å². The number of aromatic carboxylic acids is 1. The molecule has 7 heteroatoms. The number of nitrogens with zero attached hydrogens (tertiary/aromatic N) is 1. The average molecular weight is 344 g/mol. The molecular formula is C13H14BrNO5. The molecule has 1 fully saturated rings. The summed E-state index contributed by atoms with van der Waals surface area (Å²) in [6.07, 6.45) is 0.332. The van der Waals surface area contributed by atoms with Gasteiger partial charge in [-0.3, -0.25) is 4.79 Å². The molecule has 0 radical (unpaired) electrons. The van der Waals surface area contributed by atoms with Crippen molar-refractivity contribution in [2.45, 2.75) is 11.2 Å². The number of amides is 1. The molecule has 1 heterocycles. The third kappa shape index (κ3) is 2.58. The molecule has 1 aromatic carbocycles. The zero-order chi connectivity index (χ0) is 14.9. The van der Waals surface area contributed by atoms with Crippen molar-refractivity contribution in [3.63, 3.8) is 0 Å². The van der Waals surface area contributed by atoms with Crippen LogP contribution in [0.3, 0.4) is 0 Å². The van der Waals surface area contributed by atoms with Crippen LogP contribution >= 0.6 is 15.9 Å². The standard InChI is InChI=1S/C13H14BrNO5/c1-19-8-4-9(15-6-7(14)3-11(15)16)12(13(17)18)10(5-8)20-2/h4-5,7H,3,6H2,1-2H3,(H,17,18). The number of carbonyl (C=O) groups is 2. The van der Waals surface area contributed by atoms with Crippen molar-refractivity contribution in [3.8, 4) is 11.5 Å². The minimum absolute atomic E-state index is 0.00819. The molecule has 1 atom stereocenters. The number of methoxy groups -OCH3 is 2. The molecule has 0 aromatic heterocycles. The lowest BCUT2D eigenvalue weighted by Crippen LogP contribution is -2.27. The second-order valence-electron chi connectivity index (χ2n) is 4.33. The van der Waals surface area contributed by atoms with Gasteiger partial charge in [-0.2, -0.15) is 0 Å². The average Bonchev–Trinajstić information content (AvgIpc) is 2.75. The number of alkyl halides is 1. The quantitative estimate of drug-likeness (QED) is 0.845. The molecule has 2 rings (SSSR count). The zero-order valence-electron chi connectivity index (χ0n) is 11.1. The Morgan fingerprint density at radius 2 is 2.10 bits per heavy atom. The van der Waals surface area contributed by atoms with Crippen LogP contribution in [-0.4, -0.2) is 42.6 Å². The predicted octanol–water partition coefficient (Wildman–Crippen LogP) is 1.90. The Labute approximate surface area is 124 Å². The van der Waals surface area contributed by atoms with Gasteiger partial charge in [0.15, 0.2) is 0 Å². The molecule has 0 bridgehead atoms. The Morgan fingerprint density at radius 1 is 1.40 bits per heavy atom. The number of anilines is 1. The van der Waals surface area contributed by atoms with Crippen LogP contribution in [0.2, 0.25) is 0 Å². The number of rotatable bonds is 4. The molecule has 108 valence electrons. The van der Waals surface area contributed by atoms with Gasteiger partial charge in [-0.15, -0.1) is 0 Å². The summed E-state index contributed by atoms with van der Waals surface area (Å²) in [5, 5.41) is 9.38. The highest BCUT2D eigenvalue weighted by atomic mass is 79.9. The molecule has 1 aromatic rings. The van der Waals surface area contributed by atoms with Gasteiger partial charge in [0.25, 0.3) is 0 Å². The van der Waals surface area contributed by atoms with Crippen molar-refractivity contribution in [1.82, 2.24) is 0 Å². The second-order valence-corrected chi connectivity index (χ2v) is 5.63. The van der Waals surface area contributed by atoms with Crippen molar-refractivity contribution < 1.29 is 24.2 Å². The number of hydrogen-bond donors (Lipinski definition) is 1. The first-order valence-corrected chi connectivity index (χ1v) is 6.83. The Kier molecular flexibility index (Phi) is 4.17. The van der Waals surface area contributed by atoms with E-state index >= 15 is 0 Å². The highest BCUT2D eigenvalue weighted by Gasteiger charge is 2.33. The van der Waals surface area contributed by atoms with E-state index in [4.69, 9.17) is 9.47 Å². The first-order valence-electron chi connectivity index (χ1n) is 5.91. The summed E-state index contributed by atoms with van der Waals surface area (Å²) < 4.78 is 10.2. The SMILES string of the molecule is COc1cc(OC)c(C(=O)O)c(N2CC(Br)CC2=O)c1. The van der Waals surface area contributed by atoms with E-state index in [1.54, 1.807) is 0 Å². The van der Waals surface area contributed by atoms with Gasteiger partial charge in [-0.25, -0.2) is 4.79 Å². The van der Waals surface area contributed by atoms with Gasteiger partial charge in [0.05, 0.1) is 19.9 Å². The van der Waals surface area contributed by atoms with Crippen molar-refractivity contribution >= 4 is 33.5 Å². The normalized spacial score (nSPS) is 18.2. The fourth-order valence-electron chi connectivity index (χ4n) is 2.18. The number of carboxylic acids is 1. The van der Waals surface area contributed by atoms with E-state index in [9.17, 15) is 14.7 Å². The van der Waals surface area contributed by atoms with E-state index in [-0.39, 0.29) is 22.0 Å². The van der Waals surface area contributed by atoms with Crippen LogP contribution in [-0.2, 0) is 4.79 Å². The summed E-state index contributed by atoms with van der Waals surface area (Å²) in [6, 6.07) is 3.02. The molecule has 1 unspecified atom stereocenters. The zero-order valence-corrected chi connectivity index (χ0v) is 12.6. The number of hydrogen-bond acceptors (Lipinski definition) is 4. The molecule has 0 spiro atoms. The summed E-state index contributed by atoms with van der Waals surface area (Å²) in [5.74, 6) is -0.680. The van der Waals surface area contributed by atoms with Crippen molar-refractivity contribution in [2.24, 2.45) is 0 Å². The van der Waals surface area contributed by atoms with Gasteiger partial charge in [0.2, 0.25) is 5.91 Å².